The topological polar surface area (TPSA) is 52.9 Å². The van der Waals surface area contributed by atoms with E-state index in [1.165, 1.54) is 0 Å². The molecule has 1 aliphatic rings. The average molecular weight is 314 g/mol. The maximum Gasteiger partial charge on any atom is 0.0940 e. The molecule has 2 unspecified atom stereocenters. The highest BCUT2D eigenvalue weighted by Gasteiger charge is 2.32. The summed E-state index contributed by atoms with van der Waals surface area (Å²) in [5.41, 5.74) is 0.613. The molecule has 118 valence electrons. The Labute approximate surface area is 131 Å². The van der Waals surface area contributed by atoms with Crippen molar-refractivity contribution in [3.05, 3.63) is 34.9 Å². The summed E-state index contributed by atoms with van der Waals surface area (Å²) in [7, 11) is 0. The van der Waals surface area contributed by atoms with Gasteiger partial charge < -0.3 is 14.9 Å². The Morgan fingerprint density at radius 2 is 2.05 bits per heavy atom. The molecule has 1 saturated heterocycles. The Morgan fingerprint density at radius 3 is 2.67 bits per heavy atom. The van der Waals surface area contributed by atoms with Crippen LogP contribution in [0.25, 0.3) is 0 Å². The summed E-state index contributed by atoms with van der Waals surface area (Å²) >= 11 is 5.85. The normalized spacial score (nSPS) is 24.0. The van der Waals surface area contributed by atoms with Crippen LogP contribution in [0.2, 0.25) is 5.02 Å². The van der Waals surface area contributed by atoms with Crippen LogP contribution in [0.4, 0.5) is 0 Å². The number of aliphatic hydroxyl groups is 2. The lowest BCUT2D eigenvalue weighted by atomic mass is 10.0. The lowest BCUT2D eigenvalue weighted by Gasteiger charge is -2.42. The molecule has 1 fully saturated rings. The third kappa shape index (κ3) is 4.94. The molecule has 0 amide bonds. The van der Waals surface area contributed by atoms with Gasteiger partial charge in [-0.05, 0) is 38.0 Å². The van der Waals surface area contributed by atoms with Crippen molar-refractivity contribution in [3.63, 3.8) is 0 Å². The number of aliphatic hydroxyl groups excluding tert-OH is 2. The fraction of sp³-hybridized carbons (Fsp3) is 0.625. The van der Waals surface area contributed by atoms with Crippen LogP contribution in [0.3, 0.4) is 0 Å². The predicted octanol–water partition coefficient (Wildman–Crippen LogP) is 2.24. The van der Waals surface area contributed by atoms with Gasteiger partial charge in [-0.1, -0.05) is 23.7 Å². The van der Waals surface area contributed by atoms with Gasteiger partial charge in [0.05, 0.1) is 24.4 Å². The van der Waals surface area contributed by atoms with Gasteiger partial charge in [-0.3, -0.25) is 4.90 Å². The highest BCUT2D eigenvalue weighted by molar-refractivity contribution is 6.30. The van der Waals surface area contributed by atoms with E-state index < -0.39 is 6.10 Å². The molecule has 1 aromatic carbocycles. The number of rotatable bonds is 5. The Balaban J connectivity index is 1.88. The van der Waals surface area contributed by atoms with E-state index in [0.717, 1.165) is 18.7 Å². The van der Waals surface area contributed by atoms with Crippen LogP contribution in [0.5, 0.6) is 0 Å². The highest BCUT2D eigenvalue weighted by Crippen LogP contribution is 2.23. The Hall–Kier alpha value is -0.650. The molecular formula is C16H24ClNO3. The molecule has 2 N–H and O–H groups in total. The maximum absolute atomic E-state index is 10.2. The minimum Gasteiger partial charge on any atom is -0.394 e. The van der Waals surface area contributed by atoms with Crippen molar-refractivity contribution in [1.29, 1.82) is 0 Å². The van der Waals surface area contributed by atoms with Gasteiger partial charge in [0.15, 0.2) is 0 Å². The standard InChI is InChI=1S/C16H24ClNO3/c1-16(2)11-18(9-14(10-19)21-16)8-7-15(20)12-3-5-13(17)6-4-12/h3-6,14-15,19-20H,7-11H2,1-2H3. The zero-order valence-electron chi connectivity index (χ0n) is 12.6. The number of hydrogen-bond donors (Lipinski definition) is 2. The summed E-state index contributed by atoms with van der Waals surface area (Å²) in [6, 6.07) is 7.29. The number of nitrogens with zero attached hydrogens (tertiary/aromatic N) is 1. The van der Waals surface area contributed by atoms with E-state index in [-0.39, 0.29) is 18.3 Å². The molecule has 2 rings (SSSR count). The van der Waals surface area contributed by atoms with Crippen molar-refractivity contribution in [2.24, 2.45) is 0 Å². The highest BCUT2D eigenvalue weighted by atomic mass is 35.5. The molecule has 0 radical (unpaired) electrons. The van der Waals surface area contributed by atoms with Crippen LogP contribution in [-0.2, 0) is 4.74 Å². The lowest BCUT2D eigenvalue weighted by molar-refractivity contribution is -0.149. The second kappa shape index (κ2) is 7.07. The number of halogens is 1. The van der Waals surface area contributed by atoms with Crippen LogP contribution >= 0.6 is 11.6 Å². The van der Waals surface area contributed by atoms with E-state index in [2.05, 4.69) is 4.90 Å². The predicted molar refractivity (Wildman–Crippen MR) is 83.5 cm³/mol. The SMILES string of the molecule is CC1(C)CN(CCC(O)c2ccc(Cl)cc2)CC(CO)O1. The molecule has 0 bridgehead atoms. The summed E-state index contributed by atoms with van der Waals surface area (Å²) in [4.78, 5) is 2.24. The molecule has 4 nitrogen and oxygen atoms in total. The van der Waals surface area contributed by atoms with Crippen molar-refractivity contribution in [1.82, 2.24) is 4.90 Å². The van der Waals surface area contributed by atoms with Crippen LogP contribution in [0.15, 0.2) is 24.3 Å². The Kier molecular flexibility index (Phi) is 5.63. The first kappa shape index (κ1) is 16.7. The van der Waals surface area contributed by atoms with E-state index in [9.17, 15) is 10.2 Å². The van der Waals surface area contributed by atoms with Crippen molar-refractivity contribution < 1.29 is 14.9 Å². The van der Waals surface area contributed by atoms with Crippen LogP contribution in [-0.4, -0.2) is 53.1 Å². The van der Waals surface area contributed by atoms with E-state index in [1.54, 1.807) is 12.1 Å². The molecule has 0 spiro atoms. The van der Waals surface area contributed by atoms with Gasteiger partial charge in [0.1, 0.15) is 0 Å². The molecule has 2 atom stereocenters. The van der Waals surface area contributed by atoms with Crippen molar-refractivity contribution in [3.8, 4) is 0 Å². The molecule has 0 saturated carbocycles. The summed E-state index contributed by atoms with van der Waals surface area (Å²) in [6.07, 6.45) is -0.00205. The molecule has 1 aliphatic heterocycles. The summed E-state index contributed by atoms with van der Waals surface area (Å²) in [5.74, 6) is 0. The largest absolute Gasteiger partial charge is 0.394 e. The summed E-state index contributed by atoms with van der Waals surface area (Å²) < 4.78 is 5.79. The number of morpholine rings is 1. The summed E-state index contributed by atoms with van der Waals surface area (Å²) in [6.45, 7) is 6.35. The molecule has 1 aromatic rings. The minimum atomic E-state index is -0.499. The van der Waals surface area contributed by atoms with E-state index in [0.29, 0.717) is 18.0 Å². The van der Waals surface area contributed by atoms with E-state index >= 15 is 0 Å². The maximum atomic E-state index is 10.2. The third-order valence-electron chi connectivity index (χ3n) is 3.73. The molecule has 1 heterocycles. The van der Waals surface area contributed by atoms with E-state index in [1.807, 2.05) is 26.0 Å². The Morgan fingerprint density at radius 1 is 1.38 bits per heavy atom. The average Bonchev–Trinajstić information content (AvgIpc) is 2.44. The van der Waals surface area contributed by atoms with Crippen LogP contribution < -0.4 is 0 Å². The minimum absolute atomic E-state index is 0.0274. The fourth-order valence-electron chi connectivity index (χ4n) is 2.84. The number of hydrogen-bond acceptors (Lipinski definition) is 4. The van der Waals surface area contributed by atoms with Crippen molar-refractivity contribution in [2.45, 2.75) is 38.1 Å². The van der Waals surface area contributed by atoms with Gasteiger partial charge in [-0.15, -0.1) is 0 Å². The number of ether oxygens (including phenoxy) is 1. The first-order chi connectivity index (χ1) is 9.89. The Bertz CT molecular complexity index is 449. The second-order valence-electron chi connectivity index (χ2n) is 6.27. The smallest absolute Gasteiger partial charge is 0.0940 e. The zero-order valence-corrected chi connectivity index (χ0v) is 13.4. The first-order valence-corrected chi connectivity index (χ1v) is 7.72. The lowest BCUT2D eigenvalue weighted by Crippen LogP contribution is -2.54. The van der Waals surface area contributed by atoms with Gasteiger partial charge in [0.2, 0.25) is 0 Å². The van der Waals surface area contributed by atoms with Gasteiger partial charge >= 0.3 is 0 Å². The molecule has 5 heteroatoms. The summed E-state index contributed by atoms with van der Waals surface area (Å²) in [5, 5.41) is 20.2. The first-order valence-electron chi connectivity index (χ1n) is 7.34. The third-order valence-corrected chi connectivity index (χ3v) is 3.98. The monoisotopic (exact) mass is 313 g/mol. The number of benzene rings is 1. The van der Waals surface area contributed by atoms with Gasteiger partial charge in [-0.25, -0.2) is 0 Å². The molecule has 0 aromatic heterocycles. The van der Waals surface area contributed by atoms with Crippen molar-refractivity contribution in [2.75, 3.05) is 26.2 Å². The zero-order chi connectivity index (χ0) is 15.5. The molecular weight excluding hydrogens is 290 g/mol. The van der Waals surface area contributed by atoms with Gasteiger partial charge in [0, 0.05) is 24.7 Å². The second-order valence-corrected chi connectivity index (χ2v) is 6.71. The van der Waals surface area contributed by atoms with Crippen molar-refractivity contribution >= 4 is 11.6 Å². The van der Waals surface area contributed by atoms with Crippen LogP contribution in [0.1, 0.15) is 31.9 Å². The van der Waals surface area contributed by atoms with E-state index in [4.69, 9.17) is 16.3 Å². The van der Waals surface area contributed by atoms with Gasteiger partial charge in [-0.2, -0.15) is 0 Å². The quantitative estimate of drug-likeness (QED) is 0.875. The fourth-order valence-corrected chi connectivity index (χ4v) is 2.96. The van der Waals surface area contributed by atoms with Crippen LogP contribution in [0, 0.1) is 0 Å². The molecule has 0 aliphatic carbocycles. The van der Waals surface area contributed by atoms with Gasteiger partial charge in [0.25, 0.3) is 0 Å². The molecule has 21 heavy (non-hydrogen) atoms.